The van der Waals surface area contributed by atoms with E-state index in [1.807, 2.05) is 36.3 Å². The molecule has 1 amide bonds. The third-order valence-electron chi connectivity index (χ3n) is 8.23. The number of nitrogens with one attached hydrogen (secondary N) is 2. The zero-order valence-electron chi connectivity index (χ0n) is 20.4. The van der Waals surface area contributed by atoms with Crippen LogP contribution in [-0.2, 0) is 16.4 Å². The molecule has 2 fully saturated rings. The number of benzene rings is 2. The van der Waals surface area contributed by atoms with Gasteiger partial charge in [0, 0.05) is 41.2 Å². The Morgan fingerprint density at radius 3 is 2.53 bits per heavy atom. The second-order valence-electron chi connectivity index (χ2n) is 10.4. The summed E-state index contributed by atoms with van der Waals surface area (Å²) in [6, 6.07) is 13.9. The van der Waals surface area contributed by atoms with Crippen molar-refractivity contribution in [3.8, 4) is 0 Å². The lowest BCUT2D eigenvalue weighted by Gasteiger charge is -2.38. The fourth-order valence-electron chi connectivity index (χ4n) is 5.63. The Morgan fingerprint density at radius 2 is 1.85 bits per heavy atom. The minimum absolute atomic E-state index is 0.00204. The monoisotopic (exact) mass is 497 g/mol. The van der Waals surface area contributed by atoms with Gasteiger partial charge in [0.15, 0.2) is 0 Å². The molecule has 2 aromatic carbocycles. The highest BCUT2D eigenvalue weighted by Crippen LogP contribution is 2.62. The van der Waals surface area contributed by atoms with Crippen LogP contribution < -0.4 is 14.3 Å². The van der Waals surface area contributed by atoms with E-state index < -0.39 is 11.0 Å². The van der Waals surface area contributed by atoms with Crippen LogP contribution in [0.5, 0.6) is 0 Å². The average Bonchev–Trinajstić information content (AvgIpc) is 3.56. The highest BCUT2D eigenvalue weighted by molar-refractivity contribution is 7.99. The first kappa shape index (κ1) is 23.9. The summed E-state index contributed by atoms with van der Waals surface area (Å²) in [4.78, 5) is 16.5. The van der Waals surface area contributed by atoms with E-state index in [1.54, 1.807) is 18.0 Å². The minimum Gasteiger partial charge on any atom is -0.330 e. The molecular formula is C27H35N3O2S2. The van der Waals surface area contributed by atoms with Gasteiger partial charge in [-0.05, 0) is 99.2 Å². The highest BCUT2D eigenvalue weighted by Gasteiger charge is 2.53. The van der Waals surface area contributed by atoms with Crippen molar-refractivity contribution in [1.29, 1.82) is 0 Å². The number of hydrogen-bond donors (Lipinski definition) is 2. The molecule has 2 N–H and O–H groups in total. The lowest BCUT2D eigenvalue weighted by atomic mass is 9.66. The van der Waals surface area contributed by atoms with Gasteiger partial charge in [-0.15, -0.1) is 0 Å². The highest BCUT2D eigenvalue weighted by atomic mass is 32.2. The van der Waals surface area contributed by atoms with Gasteiger partial charge >= 0.3 is 0 Å². The lowest BCUT2D eigenvalue weighted by Crippen LogP contribution is -2.40. The lowest BCUT2D eigenvalue weighted by molar-refractivity contribution is 0.0980. The van der Waals surface area contributed by atoms with Crippen LogP contribution in [-0.4, -0.2) is 29.0 Å². The van der Waals surface area contributed by atoms with Crippen molar-refractivity contribution in [1.82, 2.24) is 4.72 Å². The molecule has 7 heteroatoms. The van der Waals surface area contributed by atoms with Gasteiger partial charge in [0.05, 0.1) is 4.90 Å². The Balaban J connectivity index is 1.45. The van der Waals surface area contributed by atoms with Crippen LogP contribution in [0.4, 0.5) is 11.4 Å². The Labute approximate surface area is 210 Å². The fourth-order valence-corrected chi connectivity index (χ4v) is 7.10. The number of anilines is 2. The predicted octanol–water partition coefficient (Wildman–Crippen LogP) is 6.04. The molecule has 182 valence electrons. The molecule has 2 aliphatic carbocycles. The van der Waals surface area contributed by atoms with Gasteiger partial charge in [0.1, 0.15) is 11.0 Å². The molecule has 1 aliphatic heterocycles. The maximum atomic E-state index is 13.8. The molecule has 0 bridgehead atoms. The van der Waals surface area contributed by atoms with Crippen molar-refractivity contribution in [2.45, 2.75) is 75.1 Å². The second kappa shape index (κ2) is 9.32. The van der Waals surface area contributed by atoms with Crippen LogP contribution in [0, 0.1) is 5.41 Å². The first-order valence-electron chi connectivity index (χ1n) is 12.4. The molecule has 34 heavy (non-hydrogen) atoms. The van der Waals surface area contributed by atoms with Crippen molar-refractivity contribution >= 4 is 40.2 Å². The van der Waals surface area contributed by atoms with Gasteiger partial charge < -0.3 is 9.62 Å². The number of carbonyl (C=O) groups excluding carboxylic acids is 1. The van der Waals surface area contributed by atoms with E-state index in [2.05, 4.69) is 34.6 Å². The summed E-state index contributed by atoms with van der Waals surface area (Å²) >= 11 is 1.59. The standard InChI is InChI=1S/C27H35N3O2S2/c1-4-19(2)29-34(32)22-7-5-6-20(16-22)25(31)30-18-27(14-12-26(10-11-26)13-15-27)23-17-21(28-33-3)8-9-24(23)30/h5-9,16-17,19,28-29H,4,10-15,18H2,1-3H3. The van der Waals surface area contributed by atoms with E-state index in [0.717, 1.165) is 37.2 Å². The van der Waals surface area contributed by atoms with Crippen molar-refractivity contribution in [2.24, 2.45) is 5.41 Å². The third kappa shape index (κ3) is 4.42. The largest absolute Gasteiger partial charge is 0.330 e. The first-order chi connectivity index (χ1) is 16.4. The molecule has 5 rings (SSSR count). The Bertz CT molecular complexity index is 1100. The number of fused-ring (bicyclic) bond motifs is 2. The number of hydrogen-bond acceptors (Lipinski definition) is 4. The minimum atomic E-state index is -1.34. The Hall–Kier alpha value is -1.83. The molecule has 2 saturated carbocycles. The van der Waals surface area contributed by atoms with Gasteiger partial charge in [0.2, 0.25) is 0 Å². The molecular weight excluding hydrogens is 462 g/mol. The van der Waals surface area contributed by atoms with Crippen LogP contribution in [0.15, 0.2) is 47.4 Å². The van der Waals surface area contributed by atoms with E-state index in [0.29, 0.717) is 15.9 Å². The summed E-state index contributed by atoms with van der Waals surface area (Å²) in [5.74, 6) is -0.00204. The molecule has 0 radical (unpaired) electrons. The maximum Gasteiger partial charge on any atom is 0.258 e. The van der Waals surface area contributed by atoms with Gasteiger partial charge in [-0.1, -0.05) is 24.9 Å². The van der Waals surface area contributed by atoms with Crippen molar-refractivity contribution < 1.29 is 9.00 Å². The Kier molecular flexibility index (Phi) is 6.55. The molecule has 3 aliphatic rings. The molecule has 2 atom stereocenters. The molecule has 0 saturated heterocycles. The van der Waals surface area contributed by atoms with E-state index in [1.165, 1.54) is 31.2 Å². The van der Waals surface area contributed by atoms with E-state index in [4.69, 9.17) is 0 Å². The summed E-state index contributed by atoms with van der Waals surface area (Å²) < 4.78 is 19.3. The van der Waals surface area contributed by atoms with Crippen LogP contribution >= 0.6 is 11.9 Å². The molecule has 1 heterocycles. The van der Waals surface area contributed by atoms with E-state index in [-0.39, 0.29) is 17.4 Å². The van der Waals surface area contributed by atoms with E-state index >= 15 is 0 Å². The van der Waals surface area contributed by atoms with E-state index in [9.17, 15) is 9.00 Å². The van der Waals surface area contributed by atoms with Crippen LogP contribution in [0.2, 0.25) is 0 Å². The summed E-state index contributed by atoms with van der Waals surface area (Å²) in [5, 5.41) is 0. The third-order valence-corrected chi connectivity index (χ3v) is 9.96. The molecule has 2 spiro atoms. The number of amides is 1. The van der Waals surface area contributed by atoms with Gasteiger partial charge in [-0.3, -0.25) is 4.79 Å². The topological polar surface area (TPSA) is 61.4 Å². The van der Waals surface area contributed by atoms with Crippen molar-refractivity contribution in [3.05, 3.63) is 53.6 Å². The molecule has 2 aromatic rings. The first-order valence-corrected chi connectivity index (χ1v) is 14.8. The average molecular weight is 498 g/mol. The molecule has 5 nitrogen and oxygen atoms in total. The summed E-state index contributed by atoms with van der Waals surface area (Å²) in [5.41, 5.74) is 4.67. The smallest absolute Gasteiger partial charge is 0.258 e. The van der Waals surface area contributed by atoms with Crippen molar-refractivity contribution in [2.75, 3.05) is 22.4 Å². The van der Waals surface area contributed by atoms with Crippen LogP contribution in [0.25, 0.3) is 0 Å². The van der Waals surface area contributed by atoms with Gasteiger partial charge in [0.25, 0.3) is 5.91 Å². The number of carbonyl (C=O) groups is 1. The van der Waals surface area contributed by atoms with Gasteiger partial charge in [-0.25, -0.2) is 8.93 Å². The van der Waals surface area contributed by atoms with Crippen LogP contribution in [0.1, 0.15) is 74.7 Å². The normalized spacial score (nSPS) is 21.3. The predicted molar refractivity (Wildman–Crippen MR) is 143 cm³/mol. The second-order valence-corrected chi connectivity index (χ2v) is 12.3. The molecule has 2 unspecified atom stereocenters. The molecule has 0 aromatic heterocycles. The summed E-state index contributed by atoms with van der Waals surface area (Å²) in [6.45, 7) is 4.81. The SMILES string of the molecule is CCC(C)NS(=O)c1cccc(C(=O)N2CC3(CCC4(CC4)CC3)c3cc(NSC)ccc32)c1. The fraction of sp³-hybridized carbons (Fsp3) is 0.519. The van der Waals surface area contributed by atoms with Crippen LogP contribution in [0.3, 0.4) is 0 Å². The van der Waals surface area contributed by atoms with Gasteiger partial charge in [-0.2, -0.15) is 0 Å². The zero-order valence-corrected chi connectivity index (χ0v) is 22.0. The quantitative estimate of drug-likeness (QED) is 0.458. The Morgan fingerprint density at radius 1 is 1.12 bits per heavy atom. The zero-order chi connectivity index (χ0) is 23.9. The summed E-state index contributed by atoms with van der Waals surface area (Å²) in [7, 11) is -1.34. The summed E-state index contributed by atoms with van der Waals surface area (Å²) in [6.07, 6.45) is 10.5. The number of rotatable bonds is 7. The van der Waals surface area contributed by atoms with Crippen molar-refractivity contribution in [3.63, 3.8) is 0 Å². The maximum absolute atomic E-state index is 13.8. The number of nitrogens with zero attached hydrogens (tertiary/aromatic N) is 1.